The fourth-order valence-electron chi connectivity index (χ4n) is 4.84. The zero-order valence-electron chi connectivity index (χ0n) is 19.5. The van der Waals surface area contributed by atoms with Crippen LogP contribution in [0.25, 0.3) is 0 Å². The van der Waals surface area contributed by atoms with E-state index in [1.807, 2.05) is 30.0 Å². The highest BCUT2D eigenvalue weighted by Gasteiger charge is 2.40. The molecule has 0 spiro atoms. The fourth-order valence-corrected chi connectivity index (χ4v) is 4.96. The van der Waals surface area contributed by atoms with Crippen LogP contribution in [-0.2, 0) is 16.1 Å². The number of carbonyl (C=O) groups excluding carboxylic acids is 1. The van der Waals surface area contributed by atoms with Crippen LogP contribution in [0.15, 0.2) is 36.4 Å². The van der Waals surface area contributed by atoms with E-state index in [9.17, 15) is 13.6 Å². The van der Waals surface area contributed by atoms with Gasteiger partial charge in [0.15, 0.2) is 0 Å². The van der Waals surface area contributed by atoms with Gasteiger partial charge in [-0.15, -0.1) is 0 Å². The van der Waals surface area contributed by atoms with Gasteiger partial charge in [-0.25, -0.2) is 8.78 Å². The third-order valence-corrected chi connectivity index (χ3v) is 7.14. The lowest BCUT2D eigenvalue weighted by molar-refractivity contribution is -0.139. The van der Waals surface area contributed by atoms with Crippen molar-refractivity contribution in [2.24, 2.45) is 5.41 Å². The second-order valence-electron chi connectivity index (χ2n) is 9.42. The van der Waals surface area contributed by atoms with Gasteiger partial charge in [-0.1, -0.05) is 17.7 Å². The molecule has 184 valence electrons. The van der Waals surface area contributed by atoms with Gasteiger partial charge < -0.3 is 14.4 Å². The monoisotopic (exact) mass is 492 g/mol. The highest BCUT2D eigenvalue weighted by molar-refractivity contribution is 6.31. The molecule has 0 unspecified atom stereocenters. The first-order valence-electron chi connectivity index (χ1n) is 11.7. The van der Waals surface area contributed by atoms with Crippen molar-refractivity contribution in [2.45, 2.75) is 32.7 Å². The van der Waals surface area contributed by atoms with E-state index in [1.165, 1.54) is 12.1 Å². The Morgan fingerprint density at radius 1 is 1.15 bits per heavy atom. The number of hydrogen-bond donors (Lipinski definition) is 0. The summed E-state index contributed by atoms with van der Waals surface area (Å²) in [4.78, 5) is 17.2. The van der Waals surface area contributed by atoms with Crippen LogP contribution >= 0.6 is 11.6 Å². The lowest BCUT2D eigenvalue weighted by Crippen LogP contribution is -2.50. The zero-order chi connectivity index (χ0) is 24.1. The van der Waals surface area contributed by atoms with Crippen molar-refractivity contribution >= 4 is 17.5 Å². The third-order valence-electron chi connectivity index (χ3n) is 6.71. The van der Waals surface area contributed by atoms with E-state index in [4.69, 9.17) is 21.1 Å². The summed E-state index contributed by atoms with van der Waals surface area (Å²) in [5, 5.41) is 0.676. The molecule has 4 rings (SSSR count). The van der Waals surface area contributed by atoms with Crippen LogP contribution in [0.3, 0.4) is 0 Å². The van der Waals surface area contributed by atoms with Gasteiger partial charge in [0.05, 0.1) is 19.8 Å². The SMILES string of the molecule is Cc1cc(OC[C@]2(CC(=O)N3CCOCC3)CCCN(Cc3ccc(F)cc3F)C2)ccc1Cl. The van der Waals surface area contributed by atoms with Gasteiger partial charge in [-0.3, -0.25) is 9.69 Å². The first-order valence-corrected chi connectivity index (χ1v) is 12.1. The maximum Gasteiger partial charge on any atom is 0.223 e. The largest absolute Gasteiger partial charge is 0.493 e. The van der Waals surface area contributed by atoms with Crippen LogP contribution in [-0.4, -0.2) is 61.7 Å². The van der Waals surface area contributed by atoms with Crippen molar-refractivity contribution < 1.29 is 23.0 Å². The average molecular weight is 493 g/mol. The number of hydrogen-bond acceptors (Lipinski definition) is 4. The Kier molecular flexibility index (Phi) is 8.06. The van der Waals surface area contributed by atoms with Crippen LogP contribution in [0.5, 0.6) is 5.75 Å². The number of nitrogens with zero attached hydrogens (tertiary/aromatic N) is 2. The Bertz CT molecular complexity index is 1020. The highest BCUT2D eigenvalue weighted by atomic mass is 35.5. The minimum atomic E-state index is -0.586. The smallest absolute Gasteiger partial charge is 0.223 e. The average Bonchev–Trinajstić information content (AvgIpc) is 2.82. The highest BCUT2D eigenvalue weighted by Crippen LogP contribution is 2.36. The van der Waals surface area contributed by atoms with Gasteiger partial charge in [-0.2, -0.15) is 0 Å². The molecule has 1 amide bonds. The summed E-state index contributed by atoms with van der Waals surface area (Å²) < 4.78 is 39.3. The van der Waals surface area contributed by atoms with Crippen molar-refractivity contribution in [2.75, 3.05) is 46.0 Å². The Labute approximate surface area is 204 Å². The fraction of sp³-hybridized carbons (Fsp3) is 0.500. The van der Waals surface area contributed by atoms with Crippen LogP contribution in [0.1, 0.15) is 30.4 Å². The minimum Gasteiger partial charge on any atom is -0.493 e. The molecular weight excluding hydrogens is 462 g/mol. The normalized spacial score (nSPS) is 21.5. The maximum absolute atomic E-state index is 14.3. The Morgan fingerprint density at radius 2 is 1.94 bits per heavy atom. The first-order chi connectivity index (χ1) is 16.3. The number of benzene rings is 2. The van der Waals surface area contributed by atoms with Crippen LogP contribution < -0.4 is 4.74 Å². The second-order valence-corrected chi connectivity index (χ2v) is 9.83. The zero-order valence-corrected chi connectivity index (χ0v) is 20.3. The Morgan fingerprint density at radius 3 is 2.68 bits per heavy atom. The number of carbonyl (C=O) groups is 1. The minimum absolute atomic E-state index is 0.0917. The van der Waals surface area contributed by atoms with Crippen molar-refractivity contribution in [3.8, 4) is 5.75 Å². The number of halogens is 3. The van der Waals surface area contributed by atoms with Gasteiger partial charge >= 0.3 is 0 Å². The number of aryl methyl sites for hydroxylation is 1. The number of rotatable bonds is 7. The molecule has 2 aliphatic rings. The Hall–Kier alpha value is -2.22. The molecule has 2 saturated heterocycles. The van der Waals surface area contributed by atoms with Crippen molar-refractivity contribution in [3.63, 3.8) is 0 Å². The summed E-state index contributed by atoms with van der Waals surface area (Å²) in [7, 11) is 0. The van der Waals surface area contributed by atoms with Gasteiger partial charge in [0.2, 0.25) is 5.91 Å². The molecule has 2 fully saturated rings. The molecule has 34 heavy (non-hydrogen) atoms. The lowest BCUT2D eigenvalue weighted by atomic mass is 9.77. The van der Waals surface area contributed by atoms with Gasteiger partial charge in [0.1, 0.15) is 17.4 Å². The van der Waals surface area contributed by atoms with Crippen LogP contribution in [0.2, 0.25) is 5.02 Å². The van der Waals surface area contributed by atoms with E-state index in [0.29, 0.717) is 68.8 Å². The summed E-state index contributed by atoms with van der Waals surface area (Å²) in [5.41, 5.74) is 0.957. The first kappa shape index (κ1) is 24.9. The van der Waals surface area contributed by atoms with Gasteiger partial charge in [-0.05, 0) is 56.1 Å². The molecule has 0 aliphatic carbocycles. The summed E-state index contributed by atoms with van der Waals surface area (Å²) in [6, 6.07) is 9.23. The molecule has 0 radical (unpaired) electrons. The molecule has 0 bridgehead atoms. The molecule has 0 N–H and O–H groups in total. The molecular formula is C26H31ClF2N2O3. The van der Waals surface area contributed by atoms with Gasteiger partial charge in [0, 0.05) is 54.7 Å². The number of morpholine rings is 1. The molecule has 2 aliphatic heterocycles. The number of ether oxygens (including phenoxy) is 2. The second kappa shape index (κ2) is 11.0. The number of piperidine rings is 1. The molecule has 0 saturated carbocycles. The van der Waals surface area contributed by atoms with Crippen molar-refractivity contribution in [1.82, 2.24) is 9.80 Å². The molecule has 8 heteroatoms. The molecule has 5 nitrogen and oxygen atoms in total. The van der Waals surface area contributed by atoms with E-state index < -0.39 is 17.0 Å². The van der Waals surface area contributed by atoms with E-state index in [2.05, 4.69) is 4.90 Å². The predicted octanol–water partition coefficient (Wildman–Crippen LogP) is 4.84. The maximum atomic E-state index is 14.3. The van der Waals surface area contributed by atoms with Gasteiger partial charge in [0.25, 0.3) is 0 Å². The third kappa shape index (κ3) is 6.26. The van der Waals surface area contributed by atoms with Crippen molar-refractivity contribution in [1.29, 1.82) is 0 Å². The molecule has 1 atom stereocenters. The topological polar surface area (TPSA) is 42.0 Å². The quantitative estimate of drug-likeness (QED) is 0.555. The standard InChI is InChI=1S/C26H31ClF2N2O3/c1-19-13-22(5-6-23(19)27)34-18-26(15-25(32)31-9-11-33-12-10-31)7-2-8-30(17-26)16-20-3-4-21(28)14-24(20)29/h3-6,13-14H,2,7-12,15-18H2,1H3/t26-/m0/s1. The number of likely N-dealkylation sites (tertiary alicyclic amines) is 1. The van der Waals surface area contributed by atoms with E-state index >= 15 is 0 Å². The summed E-state index contributed by atoms with van der Waals surface area (Å²) in [5.74, 6) is -0.332. The molecule has 2 aromatic carbocycles. The molecule has 0 aromatic heterocycles. The van der Waals surface area contributed by atoms with E-state index in [0.717, 1.165) is 31.0 Å². The van der Waals surface area contributed by atoms with E-state index in [1.54, 1.807) is 0 Å². The van der Waals surface area contributed by atoms with E-state index in [-0.39, 0.29) is 5.91 Å². The van der Waals surface area contributed by atoms with Crippen LogP contribution in [0, 0.1) is 24.0 Å². The molecule has 2 heterocycles. The summed E-state index contributed by atoms with van der Waals surface area (Å²) >= 11 is 6.15. The predicted molar refractivity (Wildman–Crippen MR) is 127 cm³/mol. The number of amides is 1. The summed E-state index contributed by atoms with van der Waals surface area (Å²) in [6.45, 7) is 6.31. The van der Waals surface area contributed by atoms with Crippen LogP contribution in [0.4, 0.5) is 8.78 Å². The van der Waals surface area contributed by atoms with Crippen molar-refractivity contribution in [3.05, 3.63) is 64.2 Å². The lowest BCUT2D eigenvalue weighted by Gasteiger charge is -2.43. The molecule has 2 aromatic rings. The summed E-state index contributed by atoms with van der Waals surface area (Å²) in [6.07, 6.45) is 2.04. The Balaban J connectivity index is 1.51.